The summed E-state index contributed by atoms with van der Waals surface area (Å²) in [7, 11) is 0. The molecule has 1 amide bonds. The number of rotatable bonds is 4. The Morgan fingerprint density at radius 3 is 2.62 bits per heavy atom. The number of halogens is 1. The van der Waals surface area contributed by atoms with Crippen molar-refractivity contribution in [2.24, 2.45) is 0 Å². The number of fused-ring (bicyclic) bond motifs is 3. The Morgan fingerprint density at radius 1 is 1.25 bits per heavy atom. The Labute approximate surface area is 186 Å². The summed E-state index contributed by atoms with van der Waals surface area (Å²) in [5.41, 5.74) is 2.14. The largest absolute Gasteiger partial charge is 0.369 e. The highest BCUT2D eigenvalue weighted by Crippen LogP contribution is 2.40. The van der Waals surface area contributed by atoms with Gasteiger partial charge in [0.05, 0.1) is 11.9 Å². The molecule has 0 aliphatic carbocycles. The van der Waals surface area contributed by atoms with Gasteiger partial charge in [0.1, 0.15) is 24.0 Å². The van der Waals surface area contributed by atoms with Gasteiger partial charge >= 0.3 is 0 Å². The minimum Gasteiger partial charge on any atom is -0.369 e. The van der Waals surface area contributed by atoms with Gasteiger partial charge < -0.3 is 15.3 Å². The zero-order chi connectivity index (χ0) is 23.2. The summed E-state index contributed by atoms with van der Waals surface area (Å²) in [6, 6.07) is 6.36. The number of nitrogens with one attached hydrogen (secondary N) is 1. The lowest BCUT2D eigenvalue weighted by molar-refractivity contribution is -0.115. The fourth-order valence-corrected chi connectivity index (χ4v) is 3.75. The molecule has 9 heteroatoms. The van der Waals surface area contributed by atoms with Gasteiger partial charge in [-0.25, -0.2) is 14.4 Å². The second-order valence-corrected chi connectivity index (χ2v) is 9.25. The van der Waals surface area contributed by atoms with Crippen LogP contribution in [0.25, 0.3) is 5.82 Å². The molecule has 0 fully saturated rings. The smallest absolute Gasteiger partial charge is 0.245 e. The van der Waals surface area contributed by atoms with Crippen molar-refractivity contribution < 1.29 is 14.3 Å². The van der Waals surface area contributed by atoms with E-state index in [2.05, 4.69) is 15.3 Å². The fraction of sp³-hybridized carbons (Fsp3) is 0.391. The maximum absolute atomic E-state index is 13.1. The lowest BCUT2D eigenvalue weighted by atomic mass is 9.92. The Bertz CT molecular complexity index is 1150. The first-order valence-electron chi connectivity index (χ1n) is 10.5. The average Bonchev–Trinajstić information content (AvgIpc) is 3.18. The van der Waals surface area contributed by atoms with E-state index in [9.17, 15) is 14.3 Å². The predicted octanol–water partition coefficient (Wildman–Crippen LogP) is 3.67. The van der Waals surface area contributed by atoms with Crippen molar-refractivity contribution >= 4 is 17.5 Å². The lowest BCUT2D eigenvalue weighted by Crippen LogP contribution is -2.41. The molecule has 1 atom stereocenters. The van der Waals surface area contributed by atoms with Crippen LogP contribution in [0.4, 0.5) is 16.0 Å². The molecule has 4 rings (SSSR count). The molecule has 4 heterocycles. The molecule has 0 radical (unpaired) electrons. The molecule has 32 heavy (non-hydrogen) atoms. The van der Waals surface area contributed by atoms with Crippen LogP contribution >= 0.6 is 0 Å². The van der Waals surface area contributed by atoms with E-state index in [-0.39, 0.29) is 23.7 Å². The van der Waals surface area contributed by atoms with Gasteiger partial charge in [0, 0.05) is 23.2 Å². The van der Waals surface area contributed by atoms with Gasteiger partial charge in [-0.15, -0.1) is 0 Å². The summed E-state index contributed by atoms with van der Waals surface area (Å²) < 4.78 is 14.8. The summed E-state index contributed by atoms with van der Waals surface area (Å²) >= 11 is 0. The van der Waals surface area contributed by atoms with Crippen molar-refractivity contribution in [3.8, 4) is 5.82 Å². The molecule has 0 spiro atoms. The van der Waals surface area contributed by atoms with Gasteiger partial charge in [0.25, 0.3) is 0 Å². The molecule has 3 aromatic heterocycles. The van der Waals surface area contributed by atoms with E-state index in [1.807, 2.05) is 46.8 Å². The van der Waals surface area contributed by atoms with Crippen LogP contribution in [0.3, 0.4) is 0 Å². The standard InChI is InChI=1S/C23H27FN6O2/c1-13(2)15-8-9-25-21-20(15)22(32)29(19-10-16(23(3,4)5)28-30(19)21)12-18(31)27-17-7-6-14(24)11-26-17/h6-11,13,22,32H,12H2,1-5H3,(H,26,27,31). The van der Waals surface area contributed by atoms with E-state index < -0.39 is 18.0 Å². The third kappa shape index (κ3) is 3.95. The normalized spacial score (nSPS) is 15.5. The minimum absolute atomic E-state index is 0.139. The molecule has 0 saturated carbocycles. The van der Waals surface area contributed by atoms with Crippen molar-refractivity contribution in [2.75, 3.05) is 16.8 Å². The molecular weight excluding hydrogens is 411 g/mol. The number of hydrogen-bond acceptors (Lipinski definition) is 6. The second-order valence-electron chi connectivity index (χ2n) is 9.25. The van der Waals surface area contributed by atoms with Crippen LogP contribution in [0.1, 0.15) is 63.6 Å². The number of aromatic nitrogens is 4. The Hall–Kier alpha value is -3.33. The van der Waals surface area contributed by atoms with Crippen LogP contribution < -0.4 is 10.2 Å². The second kappa shape index (κ2) is 7.98. The van der Waals surface area contributed by atoms with Crippen LogP contribution in [0.5, 0.6) is 0 Å². The van der Waals surface area contributed by atoms with E-state index in [1.54, 1.807) is 15.8 Å². The third-order valence-electron chi connectivity index (χ3n) is 5.44. The van der Waals surface area contributed by atoms with Gasteiger partial charge in [-0.3, -0.25) is 4.79 Å². The van der Waals surface area contributed by atoms with Gasteiger partial charge in [0.15, 0.2) is 12.0 Å². The van der Waals surface area contributed by atoms with Crippen molar-refractivity contribution in [1.29, 1.82) is 0 Å². The quantitative estimate of drug-likeness (QED) is 0.645. The number of aliphatic hydroxyl groups excluding tert-OH is 1. The van der Waals surface area contributed by atoms with Crippen molar-refractivity contribution in [3.63, 3.8) is 0 Å². The Kier molecular flexibility index (Phi) is 5.46. The number of aliphatic hydroxyl groups is 1. The van der Waals surface area contributed by atoms with E-state index in [0.29, 0.717) is 17.2 Å². The first-order valence-corrected chi connectivity index (χ1v) is 10.5. The van der Waals surface area contributed by atoms with Crippen molar-refractivity contribution in [1.82, 2.24) is 19.7 Å². The van der Waals surface area contributed by atoms with E-state index in [0.717, 1.165) is 17.5 Å². The van der Waals surface area contributed by atoms with Gasteiger partial charge in [-0.1, -0.05) is 34.6 Å². The Morgan fingerprint density at radius 2 is 2.00 bits per heavy atom. The molecule has 1 aliphatic rings. The molecule has 0 aromatic carbocycles. The van der Waals surface area contributed by atoms with E-state index >= 15 is 0 Å². The first kappa shape index (κ1) is 21.9. The van der Waals surface area contributed by atoms with Gasteiger partial charge in [-0.05, 0) is 29.7 Å². The summed E-state index contributed by atoms with van der Waals surface area (Å²) in [5, 5.41) is 18.8. The highest BCUT2D eigenvalue weighted by molar-refractivity contribution is 5.93. The molecular formula is C23H27FN6O2. The number of carbonyl (C=O) groups excluding carboxylic acids is 1. The van der Waals surface area contributed by atoms with Crippen LogP contribution in [-0.2, 0) is 10.2 Å². The zero-order valence-electron chi connectivity index (χ0n) is 18.8. The number of anilines is 2. The monoisotopic (exact) mass is 438 g/mol. The topological polar surface area (TPSA) is 96.2 Å². The summed E-state index contributed by atoms with van der Waals surface area (Å²) in [4.78, 5) is 22.8. The zero-order valence-corrected chi connectivity index (χ0v) is 18.8. The van der Waals surface area contributed by atoms with Crippen molar-refractivity contribution in [2.45, 2.75) is 52.2 Å². The molecule has 0 saturated heterocycles. The SMILES string of the molecule is CC(C)c1ccnc2c1C(O)N(CC(=O)Nc1ccc(F)cn1)c1cc(C(C)(C)C)nn1-2. The average molecular weight is 439 g/mol. The predicted molar refractivity (Wildman–Crippen MR) is 119 cm³/mol. The summed E-state index contributed by atoms with van der Waals surface area (Å²) in [6.07, 6.45) is 1.67. The van der Waals surface area contributed by atoms with Gasteiger partial charge in [0.2, 0.25) is 5.91 Å². The van der Waals surface area contributed by atoms with Crippen LogP contribution in [0.15, 0.2) is 36.7 Å². The van der Waals surface area contributed by atoms with Gasteiger partial charge in [-0.2, -0.15) is 9.78 Å². The molecule has 3 aromatic rings. The number of hydrogen-bond donors (Lipinski definition) is 2. The van der Waals surface area contributed by atoms with E-state index in [1.165, 1.54) is 12.1 Å². The molecule has 1 aliphatic heterocycles. The molecule has 168 valence electrons. The molecule has 2 N–H and O–H groups in total. The number of nitrogens with zero attached hydrogens (tertiary/aromatic N) is 5. The number of carbonyl (C=O) groups is 1. The molecule has 0 bridgehead atoms. The first-order chi connectivity index (χ1) is 15.1. The summed E-state index contributed by atoms with van der Waals surface area (Å²) in [6.45, 7) is 10.1. The van der Waals surface area contributed by atoms with Crippen LogP contribution in [-0.4, -0.2) is 37.3 Å². The third-order valence-corrected chi connectivity index (χ3v) is 5.44. The van der Waals surface area contributed by atoms with Crippen molar-refractivity contribution in [3.05, 3.63) is 59.3 Å². The highest BCUT2D eigenvalue weighted by atomic mass is 19.1. The maximum Gasteiger partial charge on any atom is 0.245 e. The summed E-state index contributed by atoms with van der Waals surface area (Å²) in [5.74, 6) is 0.623. The molecule has 8 nitrogen and oxygen atoms in total. The number of amides is 1. The van der Waals surface area contributed by atoms with Crippen LogP contribution in [0, 0.1) is 5.82 Å². The fourth-order valence-electron chi connectivity index (χ4n) is 3.75. The van der Waals surface area contributed by atoms with E-state index in [4.69, 9.17) is 5.10 Å². The lowest BCUT2D eigenvalue weighted by Gasteiger charge is -2.36. The number of pyridine rings is 2. The maximum atomic E-state index is 13.1. The minimum atomic E-state index is -1.08. The van der Waals surface area contributed by atoms with Crippen LogP contribution in [0.2, 0.25) is 0 Å². The molecule has 1 unspecified atom stereocenters. The highest BCUT2D eigenvalue weighted by Gasteiger charge is 2.37. The Balaban J connectivity index is 1.75.